The van der Waals surface area contributed by atoms with Crippen molar-refractivity contribution in [3.8, 4) is 5.75 Å². The molecular weight excluding hydrogens is 382 g/mol. The van der Waals surface area contributed by atoms with Crippen LogP contribution in [-0.2, 0) is 11.3 Å². The maximum Gasteiger partial charge on any atom is 0.258 e. The Bertz CT molecular complexity index is 1070. The molecule has 1 heterocycles. The van der Waals surface area contributed by atoms with Crippen LogP contribution >= 0.6 is 11.6 Å². The zero-order valence-corrected chi connectivity index (χ0v) is 16.8. The lowest BCUT2D eigenvalue weighted by atomic mass is 10.1. The molecule has 0 saturated heterocycles. The van der Waals surface area contributed by atoms with Gasteiger partial charge in [0, 0.05) is 10.6 Å². The summed E-state index contributed by atoms with van der Waals surface area (Å²) in [6.07, 6.45) is 3.85. The average Bonchev–Trinajstić information content (AvgIpc) is 3.05. The number of halogens is 1. The van der Waals surface area contributed by atoms with Crippen LogP contribution in [0.4, 0.5) is 0 Å². The number of hydrogen-bond acceptors (Lipinski definition) is 2. The topological polar surface area (TPSA) is 29.5 Å². The van der Waals surface area contributed by atoms with E-state index in [0.29, 0.717) is 17.1 Å². The number of nitrogens with zero attached hydrogens (tertiary/aromatic N) is 1. The first-order valence-corrected chi connectivity index (χ1v) is 9.71. The molecule has 4 rings (SSSR count). The molecule has 4 heteroatoms. The molecule has 0 unspecified atom stereocenters. The van der Waals surface area contributed by atoms with E-state index in [1.807, 2.05) is 95.9 Å². The standard InChI is InChI=1S/C25H20ClNO2/c1-29-23-13-7-18(8-14-23)15-21-16-24(20-9-11-22(26)12-10-20)27(25(21)28)17-19-5-3-2-4-6-19/h2-16H,17H2,1H3/b21-15-. The maximum atomic E-state index is 13.2. The molecule has 29 heavy (non-hydrogen) atoms. The average molecular weight is 402 g/mol. The number of ether oxygens (including phenoxy) is 1. The van der Waals surface area contributed by atoms with E-state index in [4.69, 9.17) is 16.3 Å². The summed E-state index contributed by atoms with van der Waals surface area (Å²) in [6, 6.07) is 25.2. The van der Waals surface area contributed by atoms with E-state index in [0.717, 1.165) is 28.1 Å². The van der Waals surface area contributed by atoms with Gasteiger partial charge in [0.05, 0.1) is 19.4 Å². The van der Waals surface area contributed by atoms with Gasteiger partial charge in [0.1, 0.15) is 5.75 Å². The van der Waals surface area contributed by atoms with Crippen LogP contribution in [-0.4, -0.2) is 17.9 Å². The van der Waals surface area contributed by atoms with Crippen LogP contribution in [0.25, 0.3) is 11.8 Å². The Hall–Kier alpha value is -3.30. The van der Waals surface area contributed by atoms with Crippen LogP contribution < -0.4 is 4.74 Å². The van der Waals surface area contributed by atoms with Gasteiger partial charge in [0.25, 0.3) is 5.91 Å². The first kappa shape index (κ1) is 19.0. The Morgan fingerprint density at radius 2 is 1.62 bits per heavy atom. The highest BCUT2D eigenvalue weighted by molar-refractivity contribution is 6.30. The highest BCUT2D eigenvalue weighted by Gasteiger charge is 2.29. The van der Waals surface area contributed by atoms with E-state index in [1.54, 1.807) is 7.11 Å². The Balaban J connectivity index is 1.71. The molecule has 1 aliphatic rings. The Labute approximate surface area is 175 Å². The molecule has 0 spiro atoms. The second kappa shape index (κ2) is 8.38. The van der Waals surface area contributed by atoms with Gasteiger partial charge in [-0.15, -0.1) is 0 Å². The number of carbonyl (C=O) groups excluding carboxylic acids is 1. The SMILES string of the molecule is COc1ccc(/C=C2/C=C(c3ccc(Cl)cc3)N(Cc3ccccc3)C2=O)cc1. The van der Waals surface area contributed by atoms with Crippen molar-refractivity contribution in [1.82, 2.24) is 4.90 Å². The minimum atomic E-state index is -0.0189. The fourth-order valence-electron chi connectivity index (χ4n) is 3.32. The van der Waals surface area contributed by atoms with Crippen LogP contribution in [0.3, 0.4) is 0 Å². The summed E-state index contributed by atoms with van der Waals surface area (Å²) in [5.41, 5.74) is 4.50. The van der Waals surface area contributed by atoms with Crippen LogP contribution in [0.2, 0.25) is 5.02 Å². The largest absolute Gasteiger partial charge is 0.497 e. The summed E-state index contributed by atoms with van der Waals surface area (Å²) in [7, 11) is 1.64. The van der Waals surface area contributed by atoms with Crippen molar-refractivity contribution in [3.63, 3.8) is 0 Å². The predicted molar refractivity (Wildman–Crippen MR) is 117 cm³/mol. The highest BCUT2D eigenvalue weighted by Crippen LogP contribution is 2.33. The monoisotopic (exact) mass is 401 g/mol. The van der Waals surface area contributed by atoms with Crippen molar-refractivity contribution >= 4 is 29.3 Å². The van der Waals surface area contributed by atoms with E-state index in [1.165, 1.54) is 0 Å². The highest BCUT2D eigenvalue weighted by atomic mass is 35.5. The summed E-state index contributed by atoms with van der Waals surface area (Å²) >= 11 is 6.05. The van der Waals surface area contributed by atoms with Gasteiger partial charge >= 0.3 is 0 Å². The van der Waals surface area contributed by atoms with Crippen molar-refractivity contribution in [3.05, 3.63) is 112 Å². The molecule has 0 aliphatic carbocycles. The first-order chi connectivity index (χ1) is 14.1. The molecule has 0 fully saturated rings. The summed E-state index contributed by atoms with van der Waals surface area (Å²) in [4.78, 5) is 15.1. The van der Waals surface area contributed by atoms with Crippen molar-refractivity contribution < 1.29 is 9.53 Å². The lowest BCUT2D eigenvalue weighted by Crippen LogP contribution is -2.25. The summed E-state index contributed by atoms with van der Waals surface area (Å²) in [5.74, 6) is 0.766. The van der Waals surface area contributed by atoms with E-state index >= 15 is 0 Å². The van der Waals surface area contributed by atoms with Gasteiger partial charge in [0.2, 0.25) is 0 Å². The Morgan fingerprint density at radius 3 is 2.28 bits per heavy atom. The zero-order chi connectivity index (χ0) is 20.2. The third kappa shape index (κ3) is 4.25. The summed E-state index contributed by atoms with van der Waals surface area (Å²) in [6.45, 7) is 0.508. The summed E-state index contributed by atoms with van der Waals surface area (Å²) < 4.78 is 5.21. The molecule has 0 aromatic heterocycles. The quantitative estimate of drug-likeness (QED) is 0.504. The van der Waals surface area contributed by atoms with Crippen molar-refractivity contribution in [2.75, 3.05) is 7.11 Å². The Morgan fingerprint density at radius 1 is 0.931 bits per heavy atom. The fraction of sp³-hybridized carbons (Fsp3) is 0.0800. The molecule has 0 radical (unpaired) electrons. The second-order valence-corrected chi connectivity index (χ2v) is 7.22. The number of benzene rings is 3. The molecule has 3 aromatic carbocycles. The fourth-order valence-corrected chi connectivity index (χ4v) is 3.44. The van der Waals surface area contributed by atoms with Crippen LogP contribution in [0.1, 0.15) is 16.7 Å². The van der Waals surface area contributed by atoms with Crippen LogP contribution in [0.5, 0.6) is 5.75 Å². The minimum Gasteiger partial charge on any atom is -0.497 e. The van der Waals surface area contributed by atoms with Gasteiger partial charge in [-0.1, -0.05) is 66.2 Å². The smallest absolute Gasteiger partial charge is 0.258 e. The molecule has 0 saturated carbocycles. The van der Waals surface area contributed by atoms with Crippen molar-refractivity contribution in [2.24, 2.45) is 0 Å². The van der Waals surface area contributed by atoms with E-state index in [-0.39, 0.29) is 5.91 Å². The van der Waals surface area contributed by atoms with E-state index in [2.05, 4.69) is 0 Å². The first-order valence-electron chi connectivity index (χ1n) is 9.33. The lowest BCUT2D eigenvalue weighted by molar-refractivity contribution is -0.123. The molecule has 0 atom stereocenters. The molecule has 3 nitrogen and oxygen atoms in total. The molecule has 0 bridgehead atoms. The van der Waals surface area contributed by atoms with Gasteiger partial charge in [-0.05, 0) is 53.1 Å². The van der Waals surface area contributed by atoms with Gasteiger partial charge in [0.15, 0.2) is 0 Å². The number of hydrogen-bond donors (Lipinski definition) is 0. The normalized spacial score (nSPS) is 15.0. The molecule has 144 valence electrons. The van der Waals surface area contributed by atoms with Gasteiger partial charge in [-0.2, -0.15) is 0 Å². The van der Waals surface area contributed by atoms with Crippen molar-refractivity contribution in [1.29, 1.82) is 0 Å². The predicted octanol–water partition coefficient (Wildman–Crippen LogP) is 5.82. The molecule has 1 aliphatic heterocycles. The van der Waals surface area contributed by atoms with Gasteiger partial charge < -0.3 is 9.64 Å². The zero-order valence-electron chi connectivity index (χ0n) is 16.0. The third-order valence-corrected chi connectivity index (χ3v) is 5.09. The number of amides is 1. The number of rotatable bonds is 5. The number of carbonyl (C=O) groups is 1. The molecule has 1 amide bonds. The van der Waals surface area contributed by atoms with Crippen LogP contribution in [0, 0.1) is 0 Å². The maximum absolute atomic E-state index is 13.2. The van der Waals surface area contributed by atoms with E-state index < -0.39 is 0 Å². The second-order valence-electron chi connectivity index (χ2n) is 6.79. The molecule has 3 aromatic rings. The van der Waals surface area contributed by atoms with Crippen LogP contribution in [0.15, 0.2) is 90.5 Å². The molecule has 0 N–H and O–H groups in total. The van der Waals surface area contributed by atoms with Gasteiger partial charge in [-0.25, -0.2) is 0 Å². The molecular formula is C25H20ClNO2. The van der Waals surface area contributed by atoms with Crippen molar-refractivity contribution in [2.45, 2.75) is 6.54 Å². The lowest BCUT2D eigenvalue weighted by Gasteiger charge is -2.21. The third-order valence-electron chi connectivity index (χ3n) is 4.84. The number of methoxy groups -OCH3 is 1. The minimum absolute atomic E-state index is 0.0189. The van der Waals surface area contributed by atoms with Gasteiger partial charge in [-0.3, -0.25) is 4.79 Å². The Kier molecular flexibility index (Phi) is 5.50. The van der Waals surface area contributed by atoms with E-state index in [9.17, 15) is 4.79 Å². The summed E-state index contributed by atoms with van der Waals surface area (Å²) in [5, 5.41) is 0.669.